The van der Waals surface area contributed by atoms with Gasteiger partial charge in [0.15, 0.2) is 11.5 Å². The molecule has 3 rings (SSSR count). The van der Waals surface area contributed by atoms with Crippen LogP contribution in [0.1, 0.15) is 26.3 Å². The summed E-state index contributed by atoms with van der Waals surface area (Å²) in [5.74, 6) is -0.381. The number of benzene rings is 3. The van der Waals surface area contributed by atoms with Gasteiger partial charge >= 0.3 is 0 Å². The molecule has 33 heavy (non-hydrogen) atoms. The zero-order valence-electron chi connectivity index (χ0n) is 18.2. The standard InChI is InChI=1S/C24H22FN3O5/c1-31-20-12-16(13-21(32-2)22(20)33-3)23(29)27-19-7-5-4-6-18(19)24(30)28-26-14-15-8-10-17(25)11-9-15/h4-14H,1-3H3,(H,27,29)(H,28,30)/b26-14-. The Kier molecular flexibility index (Phi) is 7.59. The number of hydrogen-bond acceptors (Lipinski definition) is 6. The van der Waals surface area contributed by atoms with Gasteiger partial charge in [0.25, 0.3) is 11.8 Å². The number of rotatable bonds is 8. The Balaban J connectivity index is 1.78. The molecule has 0 radical (unpaired) electrons. The van der Waals surface area contributed by atoms with Crippen molar-refractivity contribution < 1.29 is 28.2 Å². The zero-order chi connectivity index (χ0) is 23.8. The maximum Gasteiger partial charge on any atom is 0.273 e. The fourth-order valence-electron chi connectivity index (χ4n) is 2.97. The summed E-state index contributed by atoms with van der Waals surface area (Å²) < 4.78 is 28.8. The minimum absolute atomic E-state index is 0.203. The Hall–Kier alpha value is -4.40. The summed E-state index contributed by atoms with van der Waals surface area (Å²) >= 11 is 0. The molecule has 0 aliphatic carbocycles. The van der Waals surface area contributed by atoms with Gasteiger partial charge < -0.3 is 19.5 Å². The predicted octanol–water partition coefficient (Wildman–Crippen LogP) is 3.87. The van der Waals surface area contributed by atoms with E-state index in [0.717, 1.165) is 0 Å². The summed E-state index contributed by atoms with van der Waals surface area (Å²) in [6.45, 7) is 0. The molecule has 9 heteroatoms. The summed E-state index contributed by atoms with van der Waals surface area (Å²) in [5, 5.41) is 6.60. The quantitative estimate of drug-likeness (QED) is 0.400. The second-order valence-electron chi connectivity index (χ2n) is 6.66. The summed E-state index contributed by atoms with van der Waals surface area (Å²) in [6, 6.07) is 15.1. The molecule has 0 fully saturated rings. The van der Waals surface area contributed by atoms with Crippen molar-refractivity contribution in [2.24, 2.45) is 5.10 Å². The van der Waals surface area contributed by atoms with Crippen LogP contribution >= 0.6 is 0 Å². The normalized spacial score (nSPS) is 10.5. The zero-order valence-corrected chi connectivity index (χ0v) is 18.2. The van der Waals surface area contributed by atoms with Gasteiger partial charge in [0, 0.05) is 5.56 Å². The molecule has 0 saturated carbocycles. The fraction of sp³-hybridized carbons (Fsp3) is 0.125. The molecule has 0 aliphatic heterocycles. The van der Waals surface area contributed by atoms with Crippen LogP contribution in [-0.4, -0.2) is 39.4 Å². The molecule has 2 amide bonds. The minimum Gasteiger partial charge on any atom is -0.493 e. The van der Waals surface area contributed by atoms with Gasteiger partial charge in [-0.25, -0.2) is 9.82 Å². The van der Waals surface area contributed by atoms with E-state index in [1.54, 1.807) is 24.3 Å². The third-order valence-corrected chi connectivity index (χ3v) is 4.60. The van der Waals surface area contributed by atoms with E-state index in [9.17, 15) is 14.0 Å². The first-order valence-electron chi connectivity index (χ1n) is 9.76. The molecule has 0 unspecified atom stereocenters. The minimum atomic E-state index is -0.533. The molecule has 3 aromatic carbocycles. The van der Waals surface area contributed by atoms with Crippen LogP contribution in [0, 0.1) is 5.82 Å². The van der Waals surface area contributed by atoms with Gasteiger partial charge in [0.05, 0.1) is 38.8 Å². The number of hydrazone groups is 1. The van der Waals surface area contributed by atoms with Crippen LogP contribution in [0.4, 0.5) is 10.1 Å². The Morgan fingerprint density at radius 2 is 1.52 bits per heavy atom. The number of nitrogens with zero attached hydrogens (tertiary/aromatic N) is 1. The van der Waals surface area contributed by atoms with E-state index < -0.39 is 11.8 Å². The molecule has 3 aromatic rings. The summed E-state index contributed by atoms with van der Waals surface area (Å²) in [5.41, 5.74) is 3.74. The molecular formula is C24H22FN3O5. The second kappa shape index (κ2) is 10.8. The Labute approximate surface area is 190 Å². The van der Waals surface area contributed by atoms with Crippen LogP contribution in [0.15, 0.2) is 65.8 Å². The molecule has 0 heterocycles. The van der Waals surface area contributed by atoms with Gasteiger partial charge in [-0.15, -0.1) is 0 Å². The average Bonchev–Trinajstić information content (AvgIpc) is 2.84. The van der Waals surface area contributed by atoms with Crippen molar-refractivity contribution in [2.45, 2.75) is 0 Å². The molecule has 170 valence electrons. The van der Waals surface area contributed by atoms with E-state index in [0.29, 0.717) is 22.8 Å². The number of ether oxygens (including phenoxy) is 3. The number of nitrogens with one attached hydrogen (secondary N) is 2. The van der Waals surface area contributed by atoms with Crippen molar-refractivity contribution in [1.82, 2.24) is 5.43 Å². The lowest BCUT2D eigenvalue weighted by Gasteiger charge is -2.15. The molecule has 0 atom stereocenters. The fourth-order valence-corrected chi connectivity index (χ4v) is 2.97. The molecular weight excluding hydrogens is 429 g/mol. The van der Waals surface area contributed by atoms with Crippen molar-refractivity contribution in [1.29, 1.82) is 0 Å². The summed E-state index contributed by atoms with van der Waals surface area (Å²) in [6.07, 6.45) is 1.38. The van der Waals surface area contributed by atoms with E-state index in [2.05, 4.69) is 15.8 Å². The van der Waals surface area contributed by atoms with Crippen LogP contribution in [-0.2, 0) is 0 Å². The van der Waals surface area contributed by atoms with Crippen molar-refractivity contribution in [3.63, 3.8) is 0 Å². The smallest absolute Gasteiger partial charge is 0.273 e. The molecule has 0 bridgehead atoms. The van der Waals surface area contributed by atoms with E-state index in [4.69, 9.17) is 14.2 Å². The number of carbonyl (C=O) groups is 2. The summed E-state index contributed by atoms with van der Waals surface area (Å²) in [7, 11) is 4.36. The third kappa shape index (κ3) is 5.65. The monoisotopic (exact) mass is 451 g/mol. The van der Waals surface area contributed by atoms with E-state index in [1.807, 2.05) is 0 Å². The largest absolute Gasteiger partial charge is 0.493 e. The van der Waals surface area contributed by atoms with Crippen molar-refractivity contribution in [2.75, 3.05) is 26.6 Å². The van der Waals surface area contributed by atoms with Crippen molar-refractivity contribution in [3.8, 4) is 17.2 Å². The van der Waals surface area contributed by atoms with Gasteiger partial charge in [-0.3, -0.25) is 9.59 Å². The number of anilines is 1. The highest BCUT2D eigenvalue weighted by Gasteiger charge is 2.19. The maximum atomic E-state index is 13.0. The van der Waals surface area contributed by atoms with Crippen molar-refractivity contribution in [3.05, 3.63) is 83.2 Å². The maximum absolute atomic E-state index is 13.0. The lowest BCUT2D eigenvalue weighted by Crippen LogP contribution is -2.21. The molecule has 0 aliphatic rings. The molecule has 0 aromatic heterocycles. The SMILES string of the molecule is COc1cc(C(=O)Nc2ccccc2C(=O)N/N=C\c2ccc(F)cc2)cc(OC)c1OC. The molecule has 8 nitrogen and oxygen atoms in total. The lowest BCUT2D eigenvalue weighted by atomic mass is 10.1. The third-order valence-electron chi connectivity index (χ3n) is 4.60. The van der Waals surface area contributed by atoms with Gasteiger partial charge in [0.2, 0.25) is 5.75 Å². The van der Waals surface area contributed by atoms with Crippen LogP contribution in [0.2, 0.25) is 0 Å². The molecule has 0 spiro atoms. The first-order valence-corrected chi connectivity index (χ1v) is 9.76. The number of para-hydroxylation sites is 1. The summed E-state index contributed by atoms with van der Waals surface area (Å²) in [4.78, 5) is 25.5. The number of amides is 2. The first kappa shape index (κ1) is 23.3. The lowest BCUT2D eigenvalue weighted by molar-refractivity contribution is 0.0956. The number of halogens is 1. The molecule has 2 N–H and O–H groups in total. The highest BCUT2D eigenvalue weighted by atomic mass is 19.1. The van der Waals surface area contributed by atoms with Gasteiger partial charge in [-0.1, -0.05) is 24.3 Å². The van der Waals surface area contributed by atoms with Crippen LogP contribution in [0.3, 0.4) is 0 Å². The number of methoxy groups -OCH3 is 3. The Bertz CT molecular complexity index is 1150. The average molecular weight is 451 g/mol. The Morgan fingerprint density at radius 1 is 0.879 bits per heavy atom. The first-order chi connectivity index (χ1) is 16.0. The highest BCUT2D eigenvalue weighted by molar-refractivity contribution is 6.09. The number of carbonyl (C=O) groups excluding carboxylic acids is 2. The van der Waals surface area contributed by atoms with E-state index in [-0.39, 0.29) is 22.6 Å². The van der Waals surface area contributed by atoms with Crippen molar-refractivity contribution >= 4 is 23.7 Å². The Morgan fingerprint density at radius 3 is 2.12 bits per heavy atom. The van der Waals surface area contributed by atoms with E-state index >= 15 is 0 Å². The van der Waals surface area contributed by atoms with Crippen LogP contribution < -0.4 is 25.0 Å². The topological polar surface area (TPSA) is 98.2 Å². The van der Waals surface area contributed by atoms with Gasteiger partial charge in [-0.05, 0) is 42.0 Å². The second-order valence-corrected chi connectivity index (χ2v) is 6.66. The van der Waals surface area contributed by atoms with Crippen LogP contribution in [0.25, 0.3) is 0 Å². The molecule has 0 saturated heterocycles. The van der Waals surface area contributed by atoms with Gasteiger partial charge in [0.1, 0.15) is 5.82 Å². The number of hydrogen-bond donors (Lipinski definition) is 2. The van der Waals surface area contributed by atoms with E-state index in [1.165, 1.54) is 63.9 Å². The van der Waals surface area contributed by atoms with Gasteiger partial charge in [-0.2, -0.15) is 5.10 Å². The predicted molar refractivity (Wildman–Crippen MR) is 122 cm³/mol. The highest BCUT2D eigenvalue weighted by Crippen LogP contribution is 2.38. The van der Waals surface area contributed by atoms with Crippen LogP contribution in [0.5, 0.6) is 17.2 Å².